The number of aliphatic hydroxyl groups is 3. The maximum absolute atomic E-state index is 13.6. The van der Waals surface area contributed by atoms with Crippen LogP contribution in [0.3, 0.4) is 0 Å². The van der Waals surface area contributed by atoms with Crippen LogP contribution >= 0.6 is 0 Å². The van der Waals surface area contributed by atoms with E-state index in [-0.39, 0.29) is 30.6 Å². The number of carbonyl (C=O) groups excluding carboxylic acids is 1. The molecule has 4 N–H and O–H groups in total. The van der Waals surface area contributed by atoms with Crippen LogP contribution in [0.25, 0.3) is 0 Å². The standard InChI is InChI=1S/C30H36O14/c1-12-39-10-21-28(42-12)25(33)26(34)30(43-21)44-27-15-8-18-17(40-11-41-18)7-14(15)22(23(16(27)9-31)29(35)38-4)13-5-19(36-2)24(32)20(6-13)37-3/h5-8,12,16,21-23,25-28,30-34H,9-11H2,1-4H3/t12-,16?,21-,22-,23+,25-,26-,27?,28-,30+/m1/s1. The average Bonchev–Trinajstić information content (AvgIpc) is 3.50. The molecule has 0 aromatic heterocycles. The van der Waals surface area contributed by atoms with E-state index in [1.165, 1.54) is 21.3 Å². The third-order valence-electron chi connectivity index (χ3n) is 8.74. The van der Waals surface area contributed by atoms with Crippen LogP contribution in [0.2, 0.25) is 0 Å². The largest absolute Gasteiger partial charge is 0.502 e. The van der Waals surface area contributed by atoms with Crippen LogP contribution in [-0.4, -0.2) is 105 Å². The minimum absolute atomic E-state index is 0.0305. The van der Waals surface area contributed by atoms with E-state index >= 15 is 0 Å². The smallest absolute Gasteiger partial charge is 0.310 e. The predicted molar refractivity (Wildman–Crippen MR) is 146 cm³/mol. The van der Waals surface area contributed by atoms with Crippen LogP contribution in [-0.2, 0) is 28.5 Å². The number of benzene rings is 2. The molecule has 2 aromatic carbocycles. The molecule has 2 unspecified atom stereocenters. The fourth-order valence-electron chi connectivity index (χ4n) is 6.62. The number of phenols is 1. The van der Waals surface area contributed by atoms with Gasteiger partial charge in [0.25, 0.3) is 0 Å². The molecule has 2 fully saturated rings. The lowest BCUT2D eigenvalue weighted by Crippen LogP contribution is -2.63. The normalized spacial score (nSPS) is 34.1. The lowest BCUT2D eigenvalue weighted by molar-refractivity contribution is -0.365. The molecular formula is C30H36O14. The number of hydrogen-bond donors (Lipinski definition) is 4. The van der Waals surface area contributed by atoms with Crippen LogP contribution in [0.4, 0.5) is 0 Å². The zero-order valence-electron chi connectivity index (χ0n) is 24.6. The van der Waals surface area contributed by atoms with Gasteiger partial charge in [0.1, 0.15) is 24.4 Å². The molecule has 44 heavy (non-hydrogen) atoms. The summed E-state index contributed by atoms with van der Waals surface area (Å²) >= 11 is 0. The highest BCUT2D eigenvalue weighted by Gasteiger charge is 2.53. The minimum Gasteiger partial charge on any atom is -0.502 e. The molecule has 240 valence electrons. The summed E-state index contributed by atoms with van der Waals surface area (Å²) in [6, 6.07) is 6.58. The Balaban J connectivity index is 1.48. The molecule has 2 saturated heterocycles. The number of aromatic hydroxyl groups is 1. The lowest BCUT2D eigenvalue weighted by Gasteiger charge is -2.48. The Morgan fingerprint density at radius 2 is 1.61 bits per heavy atom. The van der Waals surface area contributed by atoms with Crippen molar-refractivity contribution < 1.29 is 67.9 Å². The van der Waals surface area contributed by atoms with Gasteiger partial charge in [-0.25, -0.2) is 0 Å². The summed E-state index contributed by atoms with van der Waals surface area (Å²) in [6.07, 6.45) is -7.52. The highest BCUT2D eigenvalue weighted by molar-refractivity contribution is 5.77. The van der Waals surface area contributed by atoms with Crippen molar-refractivity contribution in [3.05, 3.63) is 41.0 Å². The topological polar surface area (TPSA) is 181 Å². The number of esters is 1. The van der Waals surface area contributed by atoms with Crippen LogP contribution in [0, 0.1) is 11.8 Å². The first-order chi connectivity index (χ1) is 21.2. The summed E-state index contributed by atoms with van der Waals surface area (Å²) in [5.74, 6) is -2.59. The summed E-state index contributed by atoms with van der Waals surface area (Å²) < 4.78 is 51.0. The summed E-state index contributed by atoms with van der Waals surface area (Å²) in [5, 5.41) is 43.5. The molecule has 0 bridgehead atoms. The van der Waals surface area contributed by atoms with Gasteiger partial charge in [-0.1, -0.05) is 0 Å². The van der Waals surface area contributed by atoms with Gasteiger partial charge in [0, 0.05) is 18.4 Å². The van der Waals surface area contributed by atoms with Crippen LogP contribution < -0.4 is 18.9 Å². The van der Waals surface area contributed by atoms with Crippen LogP contribution in [0.1, 0.15) is 35.6 Å². The zero-order chi connectivity index (χ0) is 31.3. The Hall–Kier alpha value is -3.37. The Morgan fingerprint density at radius 1 is 0.955 bits per heavy atom. The van der Waals surface area contributed by atoms with E-state index in [1.54, 1.807) is 31.2 Å². The van der Waals surface area contributed by atoms with Gasteiger partial charge in [-0.2, -0.15) is 0 Å². The monoisotopic (exact) mass is 620 g/mol. The molecule has 3 aliphatic heterocycles. The van der Waals surface area contributed by atoms with Gasteiger partial charge in [-0.15, -0.1) is 0 Å². The molecule has 0 radical (unpaired) electrons. The molecule has 1 aliphatic carbocycles. The minimum atomic E-state index is -1.53. The van der Waals surface area contributed by atoms with Gasteiger partial charge in [0.05, 0.1) is 40.0 Å². The van der Waals surface area contributed by atoms with Gasteiger partial charge < -0.3 is 63.1 Å². The van der Waals surface area contributed by atoms with Crippen LogP contribution in [0.15, 0.2) is 24.3 Å². The van der Waals surface area contributed by atoms with Crippen LogP contribution in [0.5, 0.6) is 28.7 Å². The van der Waals surface area contributed by atoms with Crippen molar-refractivity contribution in [3.63, 3.8) is 0 Å². The van der Waals surface area contributed by atoms with Gasteiger partial charge >= 0.3 is 5.97 Å². The number of fused-ring (bicyclic) bond motifs is 3. The van der Waals surface area contributed by atoms with E-state index in [1.807, 2.05) is 0 Å². The maximum atomic E-state index is 13.6. The van der Waals surface area contributed by atoms with Gasteiger partial charge in [0.15, 0.2) is 35.6 Å². The molecule has 0 amide bonds. The molecule has 0 spiro atoms. The summed E-state index contributed by atoms with van der Waals surface area (Å²) in [7, 11) is 4.02. The Morgan fingerprint density at radius 3 is 2.23 bits per heavy atom. The summed E-state index contributed by atoms with van der Waals surface area (Å²) in [6.45, 7) is 1.20. The van der Waals surface area contributed by atoms with E-state index in [0.717, 1.165) is 0 Å². The molecule has 14 heteroatoms. The summed E-state index contributed by atoms with van der Waals surface area (Å²) in [4.78, 5) is 13.6. The van der Waals surface area contributed by atoms with Gasteiger partial charge in [0.2, 0.25) is 12.5 Å². The Bertz CT molecular complexity index is 1350. The van der Waals surface area contributed by atoms with Crippen molar-refractivity contribution in [1.82, 2.24) is 0 Å². The Kier molecular flexibility index (Phi) is 8.50. The molecule has 6 rings (SSSR count). The van der Waals surface area contributed by atoms with E-state index < -0.39 is 73.4 Å². The summed E-state index contributed by atoms with van der Waals surface area (Å²) in [5.41, 5.74) is 1.60. The number of aliphatic hydroxyl groups excluding tert-OH is 3. The lowest BCUT2D eigenvalue weighted by atomic mass is 9.65. The van der Waals surface area contributed by atoms with Crippen molar-refractivity contribution in [2.45, 2.75) is 55.9 Å². The van der Waals surface area contributed by atoms with Crippen molar-refractivity contribution in [1.29, 1.82) is 0 Å². The Labute approximate surface area is 252 Å². The first-order valence-electron chi connectivity index (χ1n) is 14.2. The van der Waals surface area contributed by atoms with Crippen molar-refractivity contribution in [2.75, 3.05) is 41.3 Å². The second kappa shape index (κ2) is 12.2. The second-order valence-corrected chi connectivity index (χ2v) is 11.1. The maximum Gasteiger partial charge on any atom is 0.310 e. The zero-order valence-corrected chi connectivity index (χ0v) is 24.6. The highest BCUT2D eigenvalue weighted by atomic mass is 16.8. The molecule has 10 atom stereocenters. The van der Waals surface area contributed by atoms with Crippen molar-refractivity contribution >= 4 is 5.97 Å². The number of methoxy groups -OCH3 is 3. The number of hydrogen-bond acceptors (Lipinski definition) is 14. The predicted octanol–water partition coefficient (Wildman–Crippen LogP) is 0.947. The fraction of sp³-hybridized carbons (Fsp3) is 0.567. The molecule has 2 aromatic rings. The third-order valence-corrected chi connectivity index (χ3v) is 8.74. The molecule has 14 nitrogen and oxygen atoms in total. The van der Waals surface area contributed by atoms with E-state index in [9.17, 15) is 25.2 Å². The van der Waals surface area contributed by atoms with E-state index in [2.05, 4.69) is 0 Å². The molecule has 4 aliphatic rings. The third kappa shape index (κ3) is 5.09. The number of ether oxygens (including phenoxy) is 9. The average molecular weight is 621 g/mol. The quantitative estimate of drug-likeness (QED) is 0.321. The number of phenolic OH excluding ortho intramolecular Hbond substituents is 1. The van der Waals surface area contributed by atoms with Crippen molar-refractivity contribution in [3.8, 4) is 28.7 Å². The van der Waals surface area contributed by atoms with Gasteiger partial charge in [-0.05, 0) is 47.9 Å². The van der Waals surface area contributed by atoms with Crippen molar-refractivity contribution in [2.24, 2.45) is 11.8 Å². The van der Waals surface area contributed by atoms with E-state index in [4.69, 9.17) is 42.6 Å². The first-order valence-corrected chi connectivity index (χ1v) is 14.2. The highest BCUT2D eigenvalue weighted by Crippen LogP contribution is 2.55. The fourth-order valence-corrected chi connectivity index (χ4v) is 6.62. The molecule has 0 saturated carbocycles. The number of carbonyl (C=O) groups is 1. The number of rotatable bonds is 7. The molecule has 3 heterocycles. The second-order valence-electron chi connectivity index (χ2n) is 11.1. The van der Waals surface area contributed by atoms with E-state index in [0.29, 0.717) is 28.2 Å². The van der Waals surface area contributed by atoms with Gasteiger partial charge in [-0.3, -0.25) is 4.79 Å². The SMILES string of the molecule is COC(=O)[C@H]1C(CO)C(O[C@@H]2O[C@@H]3CO[C@@H](C)O[C@H]3[C@H](O)[C@H]2O)c2cc3c(cc2[C@H]1c1cc(OC)c(O)c(OC)c1)OCO3. The first kappa shape index (κ1) is 30.6. The molecular weight excluding hydrogens is 584 g/mol.